The Morgan fingerprint density at radius 3 is 2.67 bits per heavy atom. The Hall–Kier alpha value is -1.65. The van der Waals surface area contributed by atoms with Gasteiger partial charge < -0.3 is 5.73 Å². The van der Waals surface area contributed by atoms with E-state index in [1.54, 1.807) is 0 Å². The van der Waals surface area contributed by atoms with Gasteiger partial charge in [-0.15, -0.1) is 0 Å². The average molecular weight is 285 g/mol. The lowest BCUT2D eigenvalue weighted by atomic mass is 10.0. The van der Waals surface area contributed by atoms with Crippen LogP contribution < -0.4 is 5.73 Å². The molecule has 0 aliphatic rings. The van der Waals surface area contributed by atoms with Crippen molar-refractivity contribution in [3.05, 3.63) is 57.5 Å². The van der Waals surface area contributed by atoms with E-state index in [-0.39, 0.29) is 22.0 Å². The van der Waals surface area contributed by atoms with Gasteiger partial charge in [-0.25, -0.2) is 9.37 Å². The maximum atomic E-state index is 13.0. The minimum absolute atomic E-state index is 0.0600. The Morgan fingerprint density at radius 1 is 1.28 bits per heavy atom. The molecule has 0 saturated heterocycles. The summed E-state index contributed by atoms with van der Waals surface area (Å²) >= 11 is 11.4. The van der Waals surface area contributed by atoms with Gasteiger partial charge in [0.2, 0.25) is 0 Å². The number of nitrogen functional groups attached to an aromatic ring is 1. The van der Waals surface area contributed by atoms with Crippen LogP contribution in [0.5, 0.6) is 0 Å². The number of carbonyl (C=O) groups excluding carboxylic acids is 1. The van der Waals surface area contributed by atoms with Crippen LogP contribution in [0.4, 0.5) is 10.2 Å². The third kappa shape index (κ3) is 2.44. The Labute approximate surface area is 112 Å². The van der Waals surface area contributed by atoms with Crippen molar-refractivity contribution in [2.24, 2.45) is 0 Å². The van der Waals surface area contributed by atoms with E-state index in [1.807, 2.05) is 0 Å². The molecule has 2 N–H and O–H groups in total. The fraction of sp³-hybridized carbons (Fsp3) is 0. The Bertz CT molecular complexity index is 631. The number of rotatable bonds is 2. The maximum Gasteiger partial charge on any atom is 0.196 e. The predicted molar refractivity (Wildman–Crippen MR) is 68.5 cm³/mol. The highest BCUT2D eigenvalue weighted by Gasteiger charge is 2.15. The third-order valence-corrected chi connectivity index (χ3v) is 2.81. The first-order valence-corrected chi connectivity index (χ1v) is 5.65. The van der Waals surface area contributed by atoms with E-state index < -0.39 is 11.6 Å². The lowest BCUT2D eigenvalue weighted by Crippen LogP contribution is -2.07. The van der Waals surface area contributed by atoms with Crippen molar-refractivity contribution >= 4 is 34.8 Å². The summed E-state index contributed by atoms with van der Waals surface area (Å²) in [6, 6.07) is 5.08. The monoisotopic (exact) mass is 284 g/mol. The van der Waals surface area contributed by atoms with Gasteiger partial charge in [-0.2, -0.15) is 0 Å². The van der Waals surface area contributed by atoms with E-state index >= 15 is 0 Å². The van der Waals surface area contributed by atoms with Crippen LogP contribution in [-0.4, -0.2) is 10.8 Å². The number of nitrogens with zero attached hydrogens (tertiary/aromatic N) is 1. The minimum atomic E-state index is -0.592. The van der Waals surface area contributed by atoms with Gasteiger partial charge in [0, 0.05) is 11.8 Å². The van der Waals surface area contributed by atoms with Gasteiger partial charge in [-0.1, -0.05) is 23.2 Å². The fourth-order valence-electron chi connectivity index (χ4n) is 1.42. The summed E-state index contributed by atoms with van der Waals surface area (Å²) < 4.78 is 13.0. The molecule has 1 heterocycles. The Balaban J connectivity index is 2.47. The van der Waals surface area contributed by atoms with Gasteiger partial charge in [0.25, 0.3) is 0 Å². The van der Waals surface area contributed by atoms with Gasteiger partial charge in [0.15, 0.2) is 5.78 Å². The second-order valence-corrected chi connectivity index (χ2v) is 4.39. The van der Waals surface area contributed by atoms with Gasteiger partial charge in [0.05, 0.1) is 15.6 Å². The second kappa shape index (κ2) is 4.92. The number of anilines is 1. The molecule has 0 radical (unpaired) electrons. The highest BCUT2D eigenvalue weighted by Crippen LogP contribution is 2.22. The van der Waals surface area contributed by atoms with Crippen molar-refractivity contribution in [3.63, 3.8) is 0 Å². The topological polar surface area (TPSA) is 56.0 Å². The molecule has 0 spiro atoms. The number of aromatic nitrogens is 1. The van der Waals surface area contributed by atoms with E-state index in [2.05, 4.69) is 4.98 Å². The number of ketones is 1. The molecule has 2 rings (SSSR count). The average Bonchev–Trinajstić information content (AvgIpc) is 2.35. The van der Waals surface area contributed by atoms with Crippen LogP contribution in [0.15, 0.2) is 30.5 Å². The summed E-state index contributed by atoms with van der Waals surface area (Å²) in [5, 5.41) is 0.162. The normalized spacial score (nSPS) is 10.4. The summed E-state index contributed by atoms with van der Waals surface area (Å²) in [4.78, 5) is 15.9. The van der Waals surface area contributed by atoms with Crippen LogP contribution in [0.2, 0.25) is 10.0 Å². The molecule has 0 saturated carbocycles. The van der Waals surface area contributed by atoms with E-state index in [9.17, 15) is 9.18 Å². The van der Waals surface area contributed by atoms with Crippen LogP contribution in [-0.2, 0) is 0 Å². The van der Waals surface area contributed by atoms with Gasteiger partial charge >= 0.3 is 0 Å². The molecular formula is C12H7Cl2FN2O. The van der Waals surface area contributed by atoms with Gasteiger partial charge in [0.1, 0.15) is 11.6 Å². The Kier molecular flexibility index (Phi) is 3.50. The van der Waals surface area contributed by atoms with Crippen molar-refractivity contribution in [1.29, 1.82) is 0 Å². The quantitative estimate of drug-likeness (QED) is 0.861. The van der Waals surface area contributed by atoms with Crippen LogP contribution in [0.25, 0.3) is 0 Å². The number of hydrogen-bond donors (Lipinski definition) is 1. The molecule has 1 aromatic heterocycles. The first-order valence-electron chi connectivity index (χ1n) is 4.90. The van der Waals surface area contributed by atoms with E-state index in [4.69, 9.17) is 28.9 Å². The number of nitrogens with two attached hydrogens (primary N) is 1. The minimum Gasteiger partial charge on any atom is -0.383 e. The lowest BCUT2D eigenvalue weighted by Gasteiger charge is -2.05. The molecule has 1 aromatic carbocycles. The zero-order valence-electron chi connectivity index (χ0n) is 8.95. The number of carbonyl (C=O) groups is 1. The summed E-state index contributed by atoms with van der Waals surface area (Å²) in [5.74, 6) is -0.945. The van der Waals surface area contributed by atoms with Crippen molar-refractivity contribution in [2.45, 2.75) is 0 Å². The number of pyridine rings is 1. The molecule has 0 fully saturated rings. The molecule has 0 amide bonds. The molecule has 18 heavy (non-hydrogen) atoms. The summed E-state index contributed by atoms with van der Waals surface area (Å²) in [6.07, 6.45) is 1.34. The number of halogens is 3. The van der Waals surface area contributed by atoms with Gasteiger partial charge in [-0.3, -0.25) is 4.79 Å². The predicted octanol–water partition coefficient (Wildman–Crippen LogP) is 3.34. The standard InChI is InChI=1S/C12H7Cl2FN2O/c13-7-4-8(12(16)17-5-7)11(18)6-1-2-10(15)9(14)3-6/h1-5H,(H2,16,17). The summed E-state index contributed by atoms with van der Waals surface area (Å²) in [5.41, 5.74) is 5.98. The van der Waals surface area contributed by atoms with E-state index in [1.165, 1.54) is 24.4 Å². The largest absolute Gasteiger partial charge is 0.383 e. The molecule has 0 aliphatic heterocycles. The summed E-state index contributed by atoms with van der Waals surface area (Å²) in [6.45, 7) is 0. The highest BCUT2D eigenvalue weighted by atomic mass is 35.5. The molecule has 0 aliphatic carbocycles. The van der Waals surface area contributed by atoms with Crippen molar-refractivity contribution < 1.29 is 9.18 Å². The van der Waals surface area contributed by atoms with Crippen molar-refractivity contribution in [2.75, 3.05) is 5.73 Å². The van der Waals surface area contributed by atoms with E-state index in [0.717, 1.165) is 6.07 Å². The fourth-order valence-corrected chi connectivity index (χ4v) is 1.76. The SMILES string of the molecule is Nc1ncc(Cl)cc1C(=O)c1ccc(F)c(Cl)c1. The van der Waals surface area contributed by atoms with Gasteiger partial charge in [-0.05, 0) is 24.3 Å². The lowest BCUT2D eigenvalue weighted by molar-refractivity contribution is 0.103. The smallest absolute Gasteiger partial charge is 0.196 e. The first-order chi connectivity index (χ1) is 8.49. The maximum absolute atomic E-state index is 13.0. The molecule has 0 atom stereocenters. The molecule has 0 unspecified atom stereocenters. The molecule has 6 heteroatoms. The van der Waals surface area contributed by atoms with Crippen molar-refractivity contribution in [3.8, 4) is 0 Å². The molecule has 2 aromatic rings. The molecule has 0 bridgehead atoms. The van der Waals surface area contributed by atoms with E-state index in [0.29, 0.717) is 5.02 Å². The molecule has 92 valence electrons. The van der Waals surface area contributed by atoms with Crippen LogP contribution >= 0.6 is 23.2 Å². The zero-order chi connectivity index (χ0) is 13.3. The molecule has 3 nitrogen and oxygen atoms in total. The first kappa shape index (κ1) is 12.8. The number of hydrogen-bond acceptors (Lipinski definition) is 3. The van der Waals surface area contributed by atoms with Crippen LogP contribution in [0.3, 0.4) is 0 Å². The number of benzene rings is 1. The summed E-state index contributed by atoms with van der Waals surface area (Å²) in [7, 11) is 0. The highest BCUT2D eigenvalue weighted by molar-refractivity contribution is 6.32. The Morgan fingerprint density at radius 2 is 2.00 bits per heavy atom. The second-order valence-electron chi connectivity index (χ2n) is 3.54. The third-order valence-electron chi connectivity index (χ3n) is 2.31. The zero-order valence-corrected chi connectivity index (χ0v) is 10.5. The van der Waals surface area contributed by atoms with Crippen LogP contribution in [0.1, 0.15) is 15.9 Å². The molecular weight excluding hydrogens is 278 g/mol. The van der Waals surface area contributed by atoms with Crippen molar-refractivity contribution in [1.82, 2.24) is 4.98 Å². The van der Waals surface area contributed by atoms with Crippen LogP contribution in [0, 0.1) is 5.82 Å².